The van der Waals surface area contributed by atoms with Gasteiger partial charge in [0.25, 0.3) is 0 Å². The summed E-state index contributed by atoms with van der Waals surface area (Å²) in [5, 5.41) is 0. The number of fused-ring (bicyclic) bond motifs is 1. The fraction of sp³-hybridized carbons (Fsp3) is 1.00. The van der Waals surface area contributed by atoms with Crippen molar-refractivity contribution in [3.05, 3.63) is 0 Å². The molecule has 3 atom stereocenters. The molecular weight excluding hydrogens is 184 g/mol. The number of epoxide rings is 1. The number of rotatable bonds is 4. The highest BCUT2D eigenvalue weighted by Crippen LogP contribution is 2.42. The number of hydrogen-bond donors (Lipinski definition) is 0. The standard InChI is InChI=1S/C9H17O3Si/c1-10-13(11-2)6-7-4-3-5-8-9(7)12-8/h7-9H,3-6H2,1-2H3. The first kappa shape index (κ1) is 9.64. The van der Waals surface area contributed by atoms with Crippen molar-refractivity contribution < 1.29 is 13.6 Å². The summed E-state index contributed by atoms with van der Waals surface area (Å²) in [6.45, 7) is 0. The quantitative estimate of drug-likeness (QED) is 0.508. The summed E-state index contributed by atoms with van der Waals surface area (Å²) in [5.41, 5.74) is 0. The van der Waals surface area contributed by atoms with Crippen LogP contribution in [0.1, 0.15) is 19.3 Å². The van der Waals surface area contributed by atoms with Gasteiger partial charge >= 0.3 is 9.28 Å². The first-order valence-corrected chi connectivity index (χ1v) is 6.46. The van der Waals surface area contributed by atoms with Gasteiger partial charge in [0, 0.05) is 14.2 Å². The molecule has 1 saturated carbocycles. The molecule has 0 aromatic carbocycles. The minimum absolute atomic E-state index is 0.541. The second-order valence-electron chi connectivity index (χ2n) is 3.81. The molecule has 2 aliphatic rings. The van der Waals surface area contributed by atoms with E-state index in [-0.39, 0.29) is 0 Å². The fourth-order valence-corrected chi connectivity index (χ4v) is 3.60. The van der Waals surface area contributed by atoms with Crippen LogP contribution in [0.3, 0.4) is 0 Å². The average Bonchev–Trinajstić information content (AvgIpc) is 2.93. The third-order valence-corrected chi connectivity index (χ3v) is 4.80. The van der Waals surface area contributed by atoms with Gasteiger partial charge in [-0.2, -0.15) is 0 Å². The molecule has 75 valence electrons. The van der Waals surface area contributed by atoms with E-state index in [9.17, 15) is 0 Å². The third kappa shape index (κ3) is 2.12. The van der Waals surface area contributed by atoms with E-state index in [4.69, 9.17) is 13.6 Å². The Bertz CT molecular complexity index is 172. The Balaban J connectivity index is 1.79. The summed E-state index contributed by atoms with van der Waals surface area (Å²) in [6, 6.07) is 1.08. The van der Waals surface area contributed by atoms with Gasteiger partial charge < -0.3 is 13.6 Å². The molecule has 0 aromatic rings. The predicted octanol–water partition coefficient (Wildman–Crippen LogP) is 1.33. The normalized spacial score (nSPS) is 37.6. The van der Waals surface area contributed by atoms with Gasteiger partial charge in [-0.25, -0.2) is 0 Å². The summed E-state index contributed by atoms with van der Waals surface area (Å²) >= 11 is 0. The van der Waals surface area contributed by atoms with Gasteiger partial charge in [-0.1, -0.05) is 6.42 Å². The van der Waals surface area contributed by atoms with Crippen LogP contribution < -0.4 is 0 Å². The molecule has 2 fully saturated rings. The molecule has 0 aromatic heterocycles. The first-order chi connectivity index (χ1) is 6.35. The number of ether oxygens (including phenoxy) is 1. The second kappa shape index (κ2) is 4.08. The van der Waals surface area contributed by atoms with Gasteiger partial charge in [-0.3, -0.25) is 0 Å². The van der Waals surface area contributed by atoms with Crippen LogP contribution in [0.15, 0.2) is 0 Å². The largest absolute Gasteiger partial charge is 0.397 e. The molecular formula is C9H17O3Si. The van der Waals surface area contributed by atoms with Crippen molar-refractivity contribution in [1.82, 2.24) is 0 Å². The van der Waals surface area contributed by atoms with E-state index in [1.807, 2.05) is 0 Å². The summed E-state index contributed by atoms with van der Waals surface area (Å²) in [5.74, 6) is 0.701. The maximum Gasteiger partial charge on any atom is 0.384 e. The summed E-state index contributed by atoms with van der Waals surface area (Å²) < 4.78 is 16.2. The number of hydrogen-bond acceptors (Lipinski definition) is 3. The second-order valence-corrected chi connectivity index (χ2v) is 5.78. The van der Waals surface area contributed by atoms with Crippen LogP contribution in [0, 0.1) is 5.92 Å². The van der Waals surface area contributed by atoms with Crippen LogP contribution in [0.25, 0.3) is 0 Å². The van der Waals surface area contributed by atoms with Crippen LogP contribution >= 0.6 is 0 Å². The van der Waals surface area contributed by atoms with E-state index in [0.717, 1.165) is 6.04 Å². The van der Waals surface area contributed by atoms with Gasteiger partial charge in [0.15, 0.2) is 0 Å². The van der Waals surface area contributed by atoms with Crippen molar-refractivity contribution in [3.63, 3.8) is 0 Å². The zero-order chi connectivity index (χ0) is 9.26. The Morgan fingerprint density at radius 3 is 2.77 bits per heavy atom. The minimum Gasteiger partial charge on any atom is -0.397 e. The maximum atomic E-state index is 5.59. The van der Waals surface area contributed by atoms with Crippen molar-refractivity contribution in [2.45, 2.75) is 37.5 Å². The molecule has 4 heteroatoms. The van der Waals surface area contributed by atoms with Crippen LogP contribution in [0.5, 0.6) is 0 Å². The van der Waals surface area contributed by atoms with E-state index in [2.05, 4.69) is 0 Å². The summed E-state index contributed by atoms with van der Waals surface area (Å²) in [6.07, 6.45) is 4.99. The Hall–Kier alpha value is 0.0969. The lowest BCUT2D eigenvalue weighted by Crippen LogP contribution is -2.27. The van der Waals surface area contributed by atoms with Crippen molar-refractivity contribution in [3.8, 4) is 0 Å². The molecule has 0 amide bonds. The molecule has 2 rings (SSSR count). The highest BCUT2D eigenvalue weighted by Gasteiger charge is 2.47. The molecule has 13 heavy (non-hydrogen) atoms. The first-order valence-electron chi connectivity index (χ1n) is 4.94. The zero-order valence-corrected chi connectivity index (χ0v) is 9.29. The summed E-state index contributed by atoms with van der Waals surface area (Å²) in [7, 11) is 2.48. The predicted molar refractivity (Wildman–Crippen MR) is 50.6 cm³/mol. The average molecular weight is 201 g/mol. The SMILES string of the molecule is CO[Si](CC1CCCC2OC12)OC. The molecule has 1 heterocycles. The smallest absolute Gasteiger partial charge is 0.384 e. The molecule has 1 aliphatic carbocycles. The van der Waals surface area contributed by atoms with E-state index >= 15 is 0 Å². The van der Waals surface area contributed by atoms with Crippen LogP contribution in [-0.2, 0) is 13.6 Å². The molecule has 3 nitrogen and oxygen atoms in total. The highest BCUT2D eigenvalue weighted by atomic mass is 28.3. The molecule has 1 saturated heterocycles. The molecule has 1 aliphatic heterocycles. The topological polar surface area (TPSA) is 31.0 Å². The van der Waals surface area contributed by atoms with E-state index in [1.54, 1.807) is 14.2 Å². The van der Waals surface area contributed by atoms with E-state index in [1.165, 1.54) is 19.3 Å². The Kier molecular flexibility index (Phi) is 3.03. The molecule has 0 spiro atoms. The maximum absolute atomic E-state index is 5.59. The van der Waals surface area contributed by atoms with Crippen molar-refractivity contribution in [1.29, 1.82) is 0 Å². The summed E-state index contributed by atoms with van der Waals surface area (Å²) in [4.78, 5) is 0. The Morgan fingerprint density at radius 1 is 1.31 bits per heavy atom. The van der Waals surface area contributed by atoms with Gasteiger partial charge in [-0.15, -0.1) is 0 Å². The highest BCUT2D eigenvalue weighted by molar-refractivity contribution is 6.44. The molecule has 3 unspecified atom stereocenters. The molecule has 1 radical (unpaired) electrons. The van der Waals surface area contributed by atoms with Gasteiger partial charge in [-0.05, 0) is 24.8 Å². The monoisotopic (exact) mass is 201 g/mol. The molecule has 0 bridgehead atoms. The Labute approximate surface area is 81.2 Å². The third-order valence-electron chi connectivity index (χ3n) is 3.03. The van der Waals surface area contributed by atoms with E-state index < -0.39 is 9.28 Å². The lowest BCUT2D eigenvalue weighted by atomic mass is 9.91. The van der Waals surface area contributed by atoms with Gasteiger partial charge in [0.2, 0.25) is 0 Å². The molecule has 0 N–H and O–H groups in total. The minimum atomic E-state index is -1.01. The van der Waals surface area contributed by atoms with Crippen LogP contribution in [0.2, 0.25) is 6.04 Å². The van der Waals surface area contributed by atoms with Crippen LogP contribution in [0.4, 0.5) is 0 Å². The van der Waals surface area contributed by atoms with Gasteiger partial charge in [0.1, 0.15) is 0 Å². The van der Waals surface area contributed by atoms with Crippen LogP contribution in [-0.4, -0.2) is 35.7 Å². The Morgan fingerprint density at radius 2 is 2.08 bits per heavy atom. The van der Waals surface area contributed by atoms with Crippen molar-refractivity contribution >= 4 is 9.28 Å². The van der Waals surface area contributed by atoms with Crippen molar-refractivity contribution in [2.75, 3.05) is 14.2 Å². The fourth-order valence-electron chi connectivity index (χ4n) is 2.23. The van der Waals surface area contributed by atoms with Gasteiger partial charge in [0.05, 0.1) is 12.2 Å². The lowest BCUT2D eigenvalue weighted by molar-refractivity contribution is 0.256. The lowest BCUT2D eigenvalue weighted by Gasteiger charge is -2.20. The zero-order valence-electron chi connectivity index (χ0n) is 8.29. The van der Waals surface area contributed by atoms with Crippen molar-refractivity contribution in [2.24, 2.45) is 5.92 Å². The van der Waals surface area contributed by atoms with E-state index in [0.29, 0.717) is 18.1 Å².